The van der Waals surface area contributed by atoms with E-state index in [0.717, 1.165) is 11.3 Å². The Morgan fingerprint density at radius 1 is 1.25 bits per heavy atom. The fourth-order valence-corrected chi connectivity index (χ4v) is 3.51. The topological polar surface area (TPSA) is 55.4 Å². The Morgan fingerprint density at radius 3 is 2.40 bits per heavy atom. The maximum atomic E-state index is 12.0. The van der Waals surface area contributed by atoms with Crippen LogP contribution < -0.4 is 9.46 Å². The average molecular weight is 320 g/mol. The van der Waals surface area contributed by atoms with Crippen molar-refractivity contribution >= 4 is 21.6 Å². The number of unbranched alkanes of at least 4 members (excludes halogenated alkanes) is 1. The Kier molecular flexibility index (Phi) is 7.34. The Morgan fingerprint density at radius 2 is 1.90 bits per heavy atom. The van der Waals surface area contributed by atoms with E-state index in [1.807, 2.05) is 31.2 Å². The van der Waals surface area contributed by atoms with Gasteiger partial charge in [0.1, 0.15) is 5.75 Å². The van der Waals surface area contributed by atoms with Crippen LogP contribution in [-0.4, -0.2) is 27.2 Å². The van der Waals surface area contributed by atoms with Gasteiger partial charge in [0.25, 0.3) is 0 Å². The van der Waals surface area contributed by atoms with Gasteiger partial charge in [0.05, 0.1) is 12.9 Å². The highest BCUT2D eigenvalue weighted by Crippen LogP contribution is 2.21. The summed E-state index contributed by atoms with van der Waals surface area (Å²) in [7, 11) is -1.67. The summed E-state index contributed by atoms with van der Waals surface area (Å²) in [5, 5.41) is 0. The van der Waals surface area contributed by atoms with Crippen molar-refractivity contribution in [1.29, 1.82) is 0 Å². The van der Waals surface area contributed by atoms with Gasteiger partial charge < -0.3 is 4.74 Å². The second-order valence-corrected chi connectivity index (χ2v) is 6.82. The highest BCUT2D eigenvalue weighted by molar-refractivity contribution is 7.89. The third kappa shape index (κ3) is 5.69. The van der Waals surface area contributed by atoms with E-state index in [4.69, 9.17) is 16.3 Å². The smallest absolute Gasteiger partial charge is 0.212 e. The van der Waals surface area contributed by atoms with Gasteiger partial charge in [0.15, 0.2) is 0 Å². The third-order valence-electron chi connectivity index (χ3n) is 3.04. The van der Waals surface area contributed by atoms with E-state index in [9.17, 15) is 8.42 Å². The monoisotopic (exact) mass is 319 g/mol. The molecule has 4 nitrogen and oxygen atoms in total. The molecule has 0 aliphatic heterocycles. The summed E-state index contributed by atoms with van der Waals surface area (Å²) in [6, 6.07) is 7.23. The lowest BCUT2D eigenvalue weighted by Gasteiger charge is -2.17. The van der Waals surface area contributed by atoms with E-state index in [2.05, 4.69) is 4.72 Å². The lowest BCUT2D eigenvalue weighted by Crippen LogP contribution is -2.30. The van der Waals surface area contributed by atoms with Crippen molar-refractivity contribution in [1.82, 2.24) is 4.72 Å². The molecule has 1 atom stereocenters. The van der Waals surface area contributed by atoms with E-state index in [1.165, 1.54) is 0 Å². The summed E-state index contributed by atoms with van der Waals surface area (Å²) in [4.78, 5) is 0. The first kappa shape index (κ1) is 17.3. The van der Waals surface area contributed by atoms with Crippen LogP contribution in [0.2, 0.25) is 0 Å². The van der Waals surface area contributed by atoms with Gasteiger partial charge in [-0.25, -0.2) is 13.1 Å². The van der Waals surface area contributed by atoms with Gasteiger partial charge >= 0.3 is 0 Å². The lowest BCUT2D eigenvalue weighted by molar-refractivity contribution is 0.414. The van der Waals surface area contributed by atoms with E-state index in [1.54, 1.807) is 7.11 Å². The molecule has 0 radical (unpaired) electrons. The molecule has 1 aromatic carbocycles. The molecule has 0 heterocycles. The van der Waals surface area contributed by atoms with Crippen LogP contribution in [0.5, 0.6) is 5.75 Å². The minimum Gasteiger partial charge on any atom is -0.497 e. The molecule has 20 heavy (non-hydrogen) atoms. The molecule has 1 aromatic rings. The fraction of sp³-hybridized carbons (Fsp3) is 0.571. The lowest BCUT2D eigenvalue weighted by atomic mass is 10.1. The normalized spacial score (nSPS) is 13.2. The van der Waals surface area contributed by atoms with Crippen LogP contribution in [0.3, 0.4) is 0 Å². The summed E-state index contributed by atoms with van der Waals surface area (Å²) in [5.74, 6) is 1.37. The van der Waals surface area contributed by atoms with Crippen LogP contribution in [0.1, 0.15) is 37.8 Å². The molecule has 0 fully saturated rings. The van der Waals surface area contributed by atoms with Crippen LogP contribution in [0.15, 0.2) is 24.3 Å². The molecule has 1 rings (SSSR count). The number of halogens is 1. The Balaban J connectivity index is 2.70. The predicted octanol–water partition coefficient (Wildman–Crippen LogP) is 3.08. The number of ether oxygens (including phenoxy) is 1. The van der Waals surface area contributed by atoms with Crippen molar-refractivity contribution in [2.45, 2.75) is 32.2 Å². The maximum Gasteiger partial charge on any atom is 0.212 e. The van der Waals surface area contributed by atoms with Gasteiger partial charge in [-0.15, -0.1) is 11.6 Å². The van der Waals surface area contributed by atoms with Gasteiger partial charge in [0, 0.05) is 11.9 Å². The van der Waals surface area contributed by atoms with E-state index in [0.29, 0.717) is 25.1 Å². The average Bonchev–Trinajstić information content (AvgIpc) is 2.45. The van der Waals surface area contributed by atoms with Crippen LogP contribution in [-0.2, 0) is 10.0 Å². The molecular formula is C14H22ClNO3S. The highest BCUT2D eigenvalue weighted by atomic mass is 35.5. The fourth-order valence-electron chi connectivity index (χ4n) is 1.89. The molecule has 6 heteroatoms. The van der Waals surface area contributed by atoms with Crippen molar-refractivity contribution in [3.63, 3.8) is 0 Å². The zero-order valence-electron chi connectivity index (χ0n) is 11.9. The second kappa shape index (κ2) is 8.49. The van der Waals surface area contributed by atoms with Crippen LogP contribution in [0.25, 0.3) is 0 Å². The molecule has 0 aromatic heterocycles. The molecule has 1 unspecified atom stereocenters. The first-order valence-corrected chi connectivity index (χ1v) is 8.91. The standard InChI is InChI=1S/C14H22ClNO3S/c1-3-14(12-6-8-13(19-2)9-7-12)16-20(17,18)11-5-4-10-15/h6-9,14,16H,3-5,10-11H2,1-2H3. The van der Waals surface area contributed by atoms with Crippen molar-refractivity contribution in [3.05, 3.63) is 29.8 Å². The number of hydrogen-bond donors (Lipinski definition) is 1. The molecule has 0 saturated carbocycles. The quantitative estimate of drug-likeness (QED) is 0.562. The van der Waals surface area contributed by atoms with Crippen molar-refractivity contribution in [2.75, 3.05) is 18.7 Å². The van der Waals surface area contributed by atoms with Crippen molar-refractivity contribution < 1.29 is 13.2 Å². The molecule has 0 aliphatic carbocycles. The Bertz CT molecular complexity index is 488. The number of hydrogen-bond acceptors (Lipinski definition) is 3. The number of rotatable bonds is 9. The number of benzene rings is 1. The molecule has 0 aliphatic rings. The SMILES string of the molecule is CCC(NS(=O)(=O)CCCCCl)c1ccc(OC)cc1. The maximum absolute atomic E-state index is 12.0. The first-order valence-electron chi connectivity index (χ1n) is 6.72. The molecule has 0 amide bonds. The van der Waals surface area contributed by atoms with Crippen LogP contribution >= 0.6 is 11.6 Å². The minimum atomic E-state index is -3.27. The van der Waals surface area contributed by atoms with Gasteiger partial charge in [-0.2, -0.15) is 0 Å². The summed E-state index contributed by atoms with van der Waals surface area (Å²) in [5.41, 5.74) is 0.939. The van der Waals surface area contributed by atoms with E-state index >= 15 is 0 Å². The van der Waals surface area contributed by atoms with Crippen molar-refractivity contribution in [3.8, 4) is 5.75 Å². The third-order valence-corrected chi connectivity index (χ3v) is 4.78. The number of nitrogens with one attached hydrogen (secondary N) is 1. The first-order chi connectivity index (χ1) is 9.52. The summed E-state index contributed by atoms with van der Waals surface area (Å²) < 4.78 is 31.8. The number of sulfonamides is 1. The van der Waals surface area contributed by atoms with E-state index in [-0.39, 0.29) is 11.8 Å². The van der Waals surface area contributed by atoms with Gasteiger partial charge in [-0.1, -0.05) is 19.1 Å². The van der Waals surface area contributed by atoms with Gasteiger partial charge in [0.2, 0.25) is 10.0 Å². The van der Waals surface area contributed by atoms with Gasteiger partial charge in [-0.05, 0) is 37.0 Å². The predicted molar refractivity (Wildman–Crippen MR) is 82.9 cm³/mol. The molecule has 114 valence electrons. The summed E-state index contributed by atoms with van der Waals surface area (Å²) in [6.45, 7) is 1.95. The van der Waals surface area contributed by atoms with Crippen molar-refractivity contribution in [2.24, 2.45) is 0 Å². The largest absolute Gasteiger partial charge is 0.497 e. The molecule has 0 spiro atoms. The molecule has 0 bridgehead atoms. The summed E-state index contributed by atoms with van der Waals surface area (Å²) >= 11 is 5.56. The molecular weight excluding hydrogens is 298 g/mol. The molecule has 1 N–H and O–H groups in total. The zero-order chi connectivity index (χ0) is 15.0. The van der Waals surface area contributed by atoms with E-state index < -0.39 is 10.0 Å². The highest BCUT2D eigenvalue weighted by Gasteiger charge is 2.17. The number of methoxy groups -OCH3 is 1. The number of alkyl halides is 1. The Hall–Kier alpha value is -0.780. The van der Waals surface area contributed by atoms with Gasteiger partial charge in [-0.3, -0.25) is 0 Å². The Labute approximate surface area is 126 Å². The minimum absolute atomic E-state index is 0.117. The second-order valence-electron chi connectivity index (χ2n) is 4.57. The molecule has 0 saturated heterocycles. The summed E-state index contributed by atoms with van der Waals surface area (Å²) in [6.07, 6.45) is 1.99. The van der Waals surface area contributed by atoms with Crippen LogP contribution in [0.4, 0.5) is 0 Å². The zero-order valence-corrected chi connectivity index (χ0v) is 13.5. The van der Waals surface area contributed by atoms with Crippen LogP contribution in [0, 0.1) is 0 Å².